The van der Waals surface area contributed by atoms with E-state index in [9.17, 15) is 9.59 Å². The summed E-state index contributed by atoms with van der Waals surface area (Å²) in [7, 11) is 0. The minimum atomic E-state index is -0.376. The zero-order valence-electron chi connectivity index (χ0n) is 12.6. The topological polar surface area (TPSA) is 58.6 Å². The Balaban J connectivity index is 1.50. The van der Waals surface area contributed by atoms with Gasteiger partial charge < -0.3 is 10.1 Å². The molecule has 1 aliphatic heterocycles. The maximum absolute atomic E-state index is 11.9. The molecule has 5 heteroatoms. The first-order valence-corrected chi connectivity index (χ1v) is 7.56. The van der Waals surface area contributed by atoms with Crippen molar-refractivity contribution in [1.29, 1.82) is 0 Å². The van der Waals surface area contributed by atoms with Gasteiger partial charge >= 0.3 is 6.09 Å². The van der Waals surface area contributed by atoms with Crippen LogP contribution in [0.3, 0.4) is 0 Å². The number of ether oxygens (including phenoxy) is 1. The molecule has 2 amide bonds. The van der Waals surface area contributed by atoms with Gasteiger partial charge in [-0.1, -0.05) is 48.5 Å². The zero-order valence-corrected chi connectivity index (χ0v) is 12.6. The quantitative estimate of drug-likeness (QED) is 0.922. The summed E-state index contributed by atoms with van der Waals surface area (Å²) in [5, 5.41) is 2.82. The molecule has 23 heavy (non-hydrogen) atoms. The van der Waals surface area contributed by atoms with E-state index < -0.39 is 0 Å². The Morgan fingerprint density at radius 2 is 1.74 bits per heavy atom. The van der Waals surface area contributed by atoms with Crippen LogP contribution in [0.2, 0.25) is 0 Å². The van der Waals surface area contributed by atoms with Crippen molar-refractivity contribution < 1.29 is 14.3 Å². The smallest absolute Gasteiger partial charge is 0.414 e. The molecule has 118 valence electrons. The maximum Gasteiger partial charge on any atom is 0.414 e. The lowest BCUT2D eigenvalue weighted by atomic mass is 10.1. The number of cyclic esters (lactones) is 1. The van der Waals surface area contributed by atoms with Crippen LogP contribution >= 0.6 is 0 Å². The summed E-state index contributed by atoms with van der Waals surface area (Å²) in [6.45, 7) is 0.759. The molecule has 0 radical (unpaired) electrons. The predicted molar refractivity (Wildman–Crippen MR) is 87.2 cm³/mol. The third-order valence-electron chi connectivity index (χ3n) is 3.68. The normalized spacial score (nSPS) is 17.0. The van der Waals surface area contributed by atoms with Crippen molar-refractivity contribution in [3.8, 4) is 0 Å². The fourth-order valence-electron chi connectivity index (χ4n) is 2.52. The largest absolute Gasteiger partial charge is 0.442 e. The first kappa shape index (κ1) is 15.1. The number of hydrogen-bond acceptors (Lipinski definition) is 3. The van der Waals surface area contributed by atoms with E-state index in [1.54, 1.807) is 4.90 Å². The molecule has 1 saturated heterocycles. The van der Waals surface area contributed by atoms with E-state index in [2.05, 4.69) is 5.32 Å². The van der Waals surface area contributed by atoms with Crippen LogP contribution in [0.25, 0.3) is 0 Å². The van der Waals surface area contributed by atoms with Crippen LogP contribution in [0.4, 0.5) is 10.5 Å². The van der Waals surface area contributed by atoms with Crippen LogP contribution in [0.1, 0.15) is 5.56 Å². The molecule has 0 bridgehead atoms. The molecule has 1 unspecified atom stereocenters. The second kappa shape index (κ2) is 6.96. The second-order valence-electron chi connectivity index (χ2n) is 5.42. The predicted octanol–water partition coefficient (Wildman–Crippen LogP) is 2.37. The number of nitrogens with one attached hydrogen (secondary N) is 1. The van der Waals surface area contributed by atoms with Gasteiger partial charge in [0.1, 0.15) is 6.10 Å². The molecule has 0 spiro atoms. The molecule has 0 aromatic heterocycles. The van der Waals surface area contributed by atoms with Gasteiger partial charge in [0.25, 0.3) is 0 Å². The van der Waals surface area contributed by atoms with Crippen LogP contribution in [-0.2, 0) is 16.0 Å². The van der Waals surface area contributed by atoms with Crippen molar-refractivity contribution in [3.63, 3.8) is 0 Å². The number of amides is 2. The van der Waals surface area contributed by atoms with Crippen LogP contribution < -0.4 is 10.2 Å². The molecule has 2 aromatic carbocycles. The first-order chi connectivity index (χ1) is 11.2. The Kier molecular flexibility index (Phi) is 4.57. The average Bonchev–Trinajstić information content (AvgIpc) is 2.96. The van der Waals surface area contributed by atoms with Crippen molar-refractivity contribution in [2.24, 2.45) is 0 Å². The van der Waals surface area contributed by atoms with E-state index in [1.807, 2.05) is 60.7 Å². The number of anilines is 1. The number of para-hydroxylation sites is 1. The number of rotatable bonds is 5. The van der Waals surface area contributed by atoms with Gasteiger partial charge in [0, 0.05) is 5.69 Å². The highest BCUT2D eigenvalue weighted by Gasteiger charge is 2.32. The summed E-state index contributed by atoms with van der Waals surface area (Å²) in [6, 6.07) is 18.9. The van der Waals surface area contributed by atoms with Crippen LogP contribution in [0, 0.1) is 0 Å². The zero-order chi connectivity index (χ0) is 16.1. The van der Waals surface area contributed by atoms with E-state index in [1.165, 1.54) is 0 Å². The number of benzene rings is 2. The molecule has 0 aliphatic carbocycles. The average molecular weight is 310 g/mol. The van der Waals surface area contributed by atoms with Crippen molar-refractivity contribution in [3.05, 3.63) is 66.2 Å². The first-order valence-electron chi connectivity index (χ1n) is 7.56. The lowest BCUT2D eigenvalue weighted by Gasteiger charge is -2.12. The van der Waals surface area contributed by atoms with Crippen molar-refractivity contribution >= 4 is 17.7 Å². The van der Waals surface area contributed by atoms with Gasteiger partial charge in [-0.3, -0.25) is 9.69 Å². The maximum atomic E-state index is 11.9. The Labute approximate surface area is 134 Å². The van der Waals surface area contributed by atoms with Crippen LogP contribution in [0.15, 0.2) is 60.7 Å². The fourth-order valence-corrected chi connectivity index (χ4v) is 2.52. The van der Waals surface area contributed by atoms with Crippen LogP contribution in [0.5, 0.6) is 0 Å². The molecule has 5 nitrogen and oxygen atoms in total. The fraction of sp³-hybridized carbons (Fsp3) is 0.222. The van der Waals surface area contributed by atoms with E-state index in [4.69, 9.17) is 4.74 Å². The Morgan fingerprint density at radius 1 is 1.09 bits per heavy atom. The van der Waals surface area contributed by atoms with E-state index in [0.29, 0.717) is 19.5 Å². The lowest BCUT2D eigenvalue weighted by Crippen LogP contribution is -2.35. The highest BCUT2D eigenvalue weighted by Crippen LogP contribution is 2.20. The van der Waals surface area contributed by atoms with Gasteiger partial charge in [0.05, 0.1) is 19.5 Å². The van der Waals surface area contributed by atoms with E-state index in [-0.39, 0.29) is 18.1 Å². The molecule has 1 atom stereocenters. The molecule has 3 rings (SSSR count). The van der Waals surface area contributed by atoms with Gasteiger partial charge in [-0.15, -0.1) is 0 Å². The molecule has 2 aromatic rings. The summed E-state index contributed by atoms with van der Waals surface area (Å²) in [4.78, 5) is 25.4. The number of carbonyl (C=O) groups excluding carboxylic acids is 2. The molecule has 1 fully saturated rings. The number of nitrogens with zero attached hydrogens (tertiary/aromatic N) is 1. The number of hydrogen-bond donors (Lipinski definition) is 1. The molecular weight excluding hydrogens is 292 g/mol. The Bertz CT molecular complexity index is 673. The van der Waals surface area contributed by atoms with Gasteiger partial charge in [0.15, 0.2) is 0 Å². The van der Waals surface area contributed by atoms with Crippen molar-refractivity contribution in [1.82, 2.24) is 5.32 Å². The van der Waals surface area contributed by atoms with Crippen molar-refractivity contribution in [2.45, 2.75) is 12.5 Å². The Morgan fingerprint density at radius 3 is 2.43 bits per heavy atom. The lowest BCUT2D eigenvalue weighted by molar-refractivity contribution is -0.120. The summed E-state index contributed by atoms with van der Waals surface area (Å²) < 4.78 is 5.30. The van der Waals surface area contributed by atoms with Crippen LogP contribution in [-0.4, -0.2) is 31.2 Å². The molecule has 1 aliphatic rings. The summed E-state index contributed by atoms with van der Waals surface area (Å²) in [6.07, 6.45) is -0.384. The van der Waals surface area contributed by atoms with E-state index in [0.717, 1.165) is 11.3 Å². The minimum Gasteiger partial charge on any atom is -0.442 e. The summed E-state index contributed by atoms with van der Waals surface area (Å²) in [5.74, 6) is -0.0783. The van der Waals surface area contributed by atoms with Crippen molar-refractivity contribution in [2.75, 3.05) is 18.0 Å². The van der Waals surface area contributed by atoms with Gasteiger partial charge in [-0.2, -0.15) is 0 Å². The minimum absolute atomic E-state index is 0.0783. The second-order valence-corrected chi connectivity index (χ2v) is 5.42. The van der Waals surface area contributed by atoms with E-state index >= 15 is 0 Å². The monoisotopic (exact) mass is 310 g/mol. The third kappa shape index (κ3) is 3.88. The standard InChI is InChI=1S/C18H18N2O3/c21-17(11-14-7-3-1-4-8-14)19-12-16-13-20(18(22)23-16)15-9-5-2-6-10-15/h1-10,16H,11-13H2,(H,19,21). The SMILES string of the molecule is O=C(Cc1ccccc1)NCC1CN(c2ccccc2)C(=O)O1. The van der Waals surface area contributed by atoms with Gasteiger partial charge in [-0.25, -0.2) is 4.79 Å². The molecule has 1 N–H and O–H groups in total. The number of carbonyl (C=O) groups is 2. The summed E-state index contributed by atoms with van der Waals surface area (Å²) in [5.41, 5.74) is 1.76. The molecular formula is C18H18N2O3. The highest BCUT2D eigenvalue weighted by atomic mass is 16.6. The molecule has 0 saturated carbocycles. The highest BCUT2D eigenvalue weighted by molar-refractivity contribution is 5.89. The Hall–Kier alpha value is -2.82. The van der Waals surface area contributed by atoms with Gasteiger partial charge in [0.2, 0.25) is 5.91 Å². The summed E-state index contributed by atoms with van der Waals surface area (Å²) >= 11 is 0. The third-order valence-corrected chi connectivity index (χ3v) is 3.68. The van der Waals surface area contributed by atoms with Gasteiger partial charge in [-0.05, 0) is 17.7 Å². The molecule has 1 heterocycles.